The first-order valence-electron chi connectivity index (χ1n) is 11.1. The van der Waals surface area contributed by atoms with Crippen LogP contribution in [-0.4, -0.2) is 43.2 Å². The van der Waals surface area contributed by atoms with E-state index in [9.17, 15) is 0 Å². The highest BCUT2D eigenvalue weighted by molar-refractivity contribution is 5.48. The molecule has 2 aliphatic carbocycles. The van der Waals surface area contributed by atoms with Crippen LogP contribution in [-0.2, 0) is 6.54 Å². The third-order valence-corrected chi connectivity index (χ3v) is 7.75. The van der Waals surface area contributed by atoms with Gasteiger partial charge in [-0.15, -0.1) is 0 Å². The van der Waals surface area contributed by atoms with Gasteiger partial charge in [-0.05, 0) is 87.6 Å². The van der Waals surface area contributed by atoms with Gasteiger partial charge in [-0.2, -0.15) is 0 Å². The third kappa shape index (κ3) is 3.66. The summed E-state index contributed by atoms with van der Waals surface area (Å²) in [5, 5.41) is 3.61. The zero-order valence-electron chi connectivity index (χ0n) is 16.3. The smallest absolute Gasteiger partial charge is 0.0366 e. The molecule has 0 bridgehead atoms. The number of rotatable bonds is 5. The van der Waals surface area contributed by atoms with Crippen molar-refractivity contribution in [3.63, 3.8) is 0 Å². The molecule has 2 aliphatic heterocycles. The number of piperidine rings is 2. The van der Waals surface area contributed by atoms with Gasteiger partial charge in [0.05, 0.1) is 0 Å². The SMILES string of the molecule is c1cc(N2CCC3(CC2)CCN(C2CCC2)CC3)ccc1CNC1CC1. The van der Waals surface area contributed by atoms with Gasteiger partial charge >= 0.3 is 0 Å². The quantitative estimate of drug-likeness (QED) is 0.857. The van der Waals surface area contributed by atoms with Crippen LogP contribution in [0.3, 0.4) is 0 Å². The summed E-state index contributed by atoms with van der Waals surface area (Å²) in [7, 11) is 0. The molecular formula is C23H35N3. The lowest BCUT2D eigenvalue weighted by Crippen LogP contribution is -2.50. The molecular weight excluding hydrogens is 318 g/mol. The van der Waals surface area contributed by atoms with Crippen molar-refractivity contribution in [3.8, 4) is 0 Å². The topological polar surface area (TPSA) is 18.5 Å². The van der Waals surface area contributed by atoms with Gasteiger partial charge in [0.1, 0.15) is 0 Å². The van der Waals surface area contributed by atoms with Crippen molar-refractivity contribution in [3.05, 3.63) is 29.8 Å². The molecule has 3 nitrogen and oxygen atoms in total. The molecule has 3 heteroatoms. The van der Waals surface area contributed by atoms with Crippen molar-refractivity contribution in [2.24, 2.45) is 5.41 Å². The van der Waals surface area contributed by atoms with Gasteiger partial charge in [0.2, 0.25) is 0 Å². The minimum atomic E-state index is 0.658. The van der Waals surface area contributed by atoms with Gasteiger partial charge in [-0.3, -0.25) is 0 Å². The van der Waals surface area contributed by atoms with Gasteiger partial charge in [0.25, 0.3) is 0 Å². The van der Waals surface area contributed by atoms with E-state index in [0.29, 0.717) is 5.41 Å². The number of nitrogens with zero attached hydrogens (tertiary/aromatic N) is 2. The Labute approximate surface area is 159 Å². The van der Waals surface area contributed by atoms with Crippen LogP contribution in [0.5, 0.6) is 0 Å². The molecule has 0 amide bonds. The number of anilines is 1. The first-order chi connectivity index (χ1) is 12.8. The summed E-state index contributed by atoms with van der Waals surface area (Å²) in [5.74, 6) is 0. The maximum Gasteiger partial charge on any atom is 0.0366 e. The molecule has 0 aromatic heterocycles. The molecule has 5 rings (SSSR count). The molecule has 2 saturated carbocycles. The van der Waals surface area contributed by atoms with E-state index in [0.717, 1.165) is 18.6 Å². The van der Waals surface area contributed by atoms with E-state index in [-0.39, 0.29) is 0 Å². The standard InChI is InChI=1S/C23H35N3/c1-2-21(3-1)25-14-10-23(11-15-25)12-16-26(17-13-23)22-8-4-19(5-9-22)18-24-20-6-7-20/h4-5,8-9,20-21,24H,1-3,6-7,10-18H2. The summed E-state index contributed by atoms with van der Waals surface area (Å²) in [6.07, 6.45) is 12.8. The largest absolute Gasteiger partial charge is 0.371 e. The first-order valence-corrected chi connectivity index (χ1v) is 11.1. The zero-order chi connectivity index (χ0) is 17.4. The number of nitrogens with one attached hydrogen (secondary N) is 1. The highest BCUT2D eigenvalue weighted by atomic mass is 15.2. The predicted molar refractivity (Wildman–Crippen MR) is 109 cm³/mol. The lowest BCUT2D eigenvalue weighted by Gasteiger charge is -2.50. The van der Waals surface area contributed by atoms with Gasteiger partial charge in [0, 0.05) is 37.4 Å². The van der Waals surface area contributed by atoms with Crippen LogP contribution in [0.25, 0.3) is 0 Å². The molecule has 0 atom stereocenters. The van der Waals surface area contributed by atoms with E-state index >= 15 is 0 Å². The summed E-state index contributed by atoms with van der Waals surface area (Å²) < 4.78 is 0. The van der Waals surface area contributed by atoms with E-state index in [1.807, 2.05) is 0 Å². The highest BCUT2D eigenvalue weighted by Crippen LogP contribution is 2.43. The molecule has 0 unspecified atom stereocenters. The fourth-order valence-corrected chi connectivity index (χ4v) is 5.23. The fraction of sp³-hybridized carbons (Fsp3) is 0.739. The van der Waals surface area contributed by atoms with Gasteiger partial charge in [-0.25, -0.2) is 0 Å². The number of hydrogen-bond donors (Lipinski definition) is 1. The molecule has 4 aliphatic rings. The van der Waals surface area contributed by atoms with E-state index in [2.05, 4.69) is 39.4 Å². The molecule has 26 heavy (non-hydrogen) atoms. The second-order valence-electron chi connectivity index (χ2n) is 9.43. The summed E-state index contributed by atoms with van der Waals surface area (Å²) >= 11 is 0. The molecule has 1 N–H and O–H groups in total. The van der Waals surface area contributed by atoms with Crippen molar-refractivity contribution in [2.45, 2.75) is 76.4 Å². The van der Waals surface area contributed by atoms with Crippen molar-refractivity contribution in [2.75, 3.05) is 31.1 Å². The Morgan fingerprint density at radius 1 is 0.846 bits per heavy atom. The van der Waals surface area contributed by atoms with Crippen LogP contribution >= 0.6 is 0 Å². The molecule has 142 valence electrons. The molecule has 0 radical (unpaired) electrons. The maximum absolute atomic E-state index is 3.61. The zero-order valence-corrected chi connectivity index (χ0v) is 16.3. The Morgan fingerprint density at radius 2 is 1.50 bits per heavy atom. The second-order valence-corrected chi connectivity index (χ2v) is 9.43. The minimum Gasteiger partial charge on any atom is -0.371 e. The Hall–Kier alpha value is -1.06. The van der Waals surface area contributed by atoms with Crippen LogP contribution in [0.2, 0.25) is 0 Å². The predicted octanol–water partition coefficient (Wildman–Crippen LogP) is 4.17. The van der Waals surface area contributed by atoms with Crippen LogP contribution in [0.15, 0.2) is 24.3 Å². The average molecular weight is 354 g/mol. The van der Waals surface area contributed by atoms with E-state index < -0.39 is 0 Å². The van der Waals surface area contributed by atoms with E-state index in [1.165, 1.54) is 95.2 Å². The summed E-state index contributed by atoms with van der Waals surface area (Å²) in [5.41, 5.74) is 3.52. The molecule has 4 fully saturated rings. The van der Waals surface area contributed by atoms with Gasteiger partial charge in [0.15, 0.2) is 0 Å². The van der Waals surface area contributed by atoms with Crippen molar-refractivity contribution >= 4 is 5.69 Å². The normalized spacial score (nSPS) is 26.8. The number of benzene rings is 1. The van der Waals surface area contributed by atoms with Crippen molar-refractivity contribution in [1.29, 1.82) is 0 Å². The van der Waals surface area contributed by atoms with E-state index in [4.69, 9.17) is 0 Å². The lowest BCUT2D eigenvalue weighted by atomic mass is 9.70. The summed E-state index contributed by atoms with van der Waals surface area (Å²) in [4.78, 5) is 5.43. The Bertz CT molecular complexity index is 584. The maximum atomic E-state index is 3.61. The van der Waals surface area contributed by atoms with Crippen LogP contribution in [0.1, 0.15) is 63.4 Å². The van der Waals surface area contributed by atoms with E-state index in [1.54, 1.807) is 0 Å². The molecule has 2 heterocycles. The van der Waals surface area contributed by atoms with Crippen molar-refractivity contribution < 1.29 is 0 Å². The van der Waals surface area contributed by atoms with Gasteiger partial charge < -0.3 is 15.1 Å². The fourth-order valence-electron chi connectivity index (χ4n) is 5.23. The van der Waals surface area contributed by atoms with Crippen molar-refractivity contribution in [1.82, 2.24) is 10.2 Å². The minimum absolute atomic E-state index is 0.658. The molecule has 1 aromatic carbocycles. The second kappa shape index (κ2) is 7.16. The van der Waals surface area contributed by atoms with Crippen LogP contribution < -0.4 is 10.2 Å². The van der Waals surface area contributed by atoms with Gasteiger partial charge in [-0.1, -0.05) is 18.6 Å². The third-order valence-electron chi connectivity index (χ3n) is 7.75. The monoisotopic (exact) mass is 353 g/mol. The molecule has 1 aromatic rings. The van der Waals surface area contributed by atoms with Crippen LogP contribution in [0.4, 0.5) is 5.69 Å². The number of likely N-dealkylation sites (tertiary alicyclic amines) is 1. The summed E-state index contributed by atoms with van der Waals surface area (Å²) in [6, 6.07) is 11.1. The molecule has 1 spiro atoms. The molecule has 2 saturated heterocycles. The van der Waals surface area contributed by atoms with Crippen LogP contribution in [0, 0.1) is 5.41 Å². The lowest BCUT2D eigenvalue weighted by molar-refractivity contribution is 0.0306. The Morgan fingerprint density at radius 3 is 2.08 bits per heavy atom. The highest BCUT2D eigenvalue weighted by Gasteiger charge is 2.39. The number of hydrogen-bond acceptors (Lipinski definition) is 3. The first kappa shape index (κ1) is 17.1. The average Bonchev–Trinajstić information content (AvgIpc) is 3.46. The Balaban J connectivity index is 1.12. The Kier molecular flexibility index (Phi) is 4.70. The summed E-state index contributed by atoms with van der Waals surface area (Å²) in [6.45, 7) is 6.28.